The van der Waals surface area contributed by atoms with Gasteiger partial charge in [0.15, 0.2) is 0 Å². The average Bonchev–Trinajstić information content (AvgIpc) is 2.73. The molecule has 4 rings (SSSR count). The SMILES string of the molecule is O=C1N(c2c(Cl)cccc2Cl)c2cc(O)cc(-c3ccc(F)cc3F)c2CN1S(=O)(=O)C(F)(F)F. The third-order valence-electron chi connectivity index (χ3n) is 5.12. The molecule has 35 heavy (non-hydrogen) atoms. The van der Waals surface area contributed by atoms with E-state index in [1.807, 2.05) is 0 Å². The molecule has 0 aliphatic carbocycles. The predicted octanol–water partition coefficient (Wildman–Crippen LogP) is 6.57. The van der Waals surface area contributed by atoms with Crippen LogP contribution in [0.1, 0.15) is 5.56 Å². The molecule has 1 aliphatic heterocycles. The summed E-state index contributed by atoms with van der Waals surface area (Å²) in [6.45, 7) is -1.18. The second-order valence-electron chi connectivity index (χ2n) is 7.26. The monoisotopic (exact) mass is 552 g/mol. The standard InChI is InChI=1S/C21H11Cl2F5N2O4S/c22-15-2-1-3-16(23)19(15)30-18-8-11(31)7-13(12-5-4-10(24)6-17(12)25)14(18)9-29(20(30)32)35(33,34)21(26,27)28/h1-8,31H,9H2. The fourth-order valence-electron chi connectivity index (χ4n) is 3.61. The van der Waals surface area contributed by atoms with Gasteiger partial charge in [0.2, 0.25) is 0 Å². The number of para-hydroxylation sites is 1. The number of hydrogen-bond donors (Lipinski definition) is 1. The van der Waals surface area contributed by atoms with Crippen molar-refractivity contribution in [1.82, 2.24) is 4.31 Å². The lowest BCUT2D eigenvalue weighted by Gasteiger charge is -2.38. The van der Waals surface area contributed by atoms with Crippen LogP contribution in [0.15, 0.2) is 48.5 Å². The Morgan fingerprint density at radius 3 is 2.14 bits per heavy atom. The number of amides is 2. The molecule has 0 fully saturated rings. The van der Waals surface area contributed by atoms with E-state index in [1.54, 1.807) is 0 Å². The van der Waals surface area contributed by atoms with Crippen molar-refractivity contribution < 1.29 is 40.3 Å². The molecule has 0 spiro atoms. The lowest BCUT2D eigenvalue weighted by molar-refractivity contribution is -0.0479. The maximum absolute atomic E-state index is 14.6. The van der Waals surface area contributed by atoms with Crippen molar-refractivity contribution >= 4 is 50.6 Å². The van der Waals surface area contributed by atoms with Gasteiger partial charge in [-0.05, 0) is 35.9 Å². The zero-order valence-corrected chi connectivity index (χ0v) is 19.3. The van der Waals surface area contributed by atoms with Crippen LogP contribution >= 0.6 is 23.2 Å². The van der Waals surface area contributed by atoms with Gasteiger partial charge in [-0.25, -0.2) is 17.9 Å². The summed E-state index contributed by atoms with van der Waals surface area (Å²) in [6.07, 6.45) is 0. The Balaban J connectivity index is 2.09. The zero-order chi connectivity index (χ0) is 25.9. The van der Waals surface area contributed by atoms with Crippen molar-refractivity contribution in [3.05, 3.63) is 75.8 Å². The van der Waals surface area contributed by atoms with Crippen LogP contribution in [0.5, 0.6) is 5.75 Å². The molecule has 14 heteroatoms. The minimum Gasteiger partial charge on any atom is -0.508 e. The number of fused-ring (bicyclic) bond motifs is 1. The third kappa shape index (κ3) is 4.15. The van der Waals surface area contributed by atoms with Gasteiger partial charge < -0.3 is 5.11 Å². The van der Waals surface area contributed by atoms with Crippen molar-refractivity contribution in [1.29, 1.82) is 0 Å². The molecule has 0 saturated heterocycles. The number of aromatic hydroxyl groups is 1. The molecular formula is C21H11Cl2F5N2O4S. The van der Waals surface area contributed by atoms with Crippen LogP contribution in [-0.4, -0.2) is 29.4 Å². The van der Waals surface area contributed by atoms with Crippen LogP contribution in [0.2, 0.25) is 10.0 Å². The number of benzene rings is 3. The number of alkyl halides is 3. The fraction of sp³-hybridized carbons (Fsp3) is 0.0952. The van der Waals surface area contributed by atoms with Crippen LogP contribution in [-0.2, 0) is 16.6 Å². The molecule has 0 aromatic heterocycles. The van der Waals surface area contributed by atoms with Gasteiger partial charge in [0.1, 0.15) is 17.4 Å². The number of phenolic OH excluding ortho intramolecular Hbond substituents is 1. The molecule has 6 nitrogen and oxygen atoms in total. The van der Waals surface area contributed by atoms with E-state index in [4.69, 9.17) is 23.2 Å². The topological polar surface area (TPSA) is 77.9 Å². The highest BCUT2D eigenvalue weighted by Crippen LogP contribution is 2.48. The number of carbonyl (C=O) groups excluding carboxylic acids is 1. The van der Waals surface area contributed by atoms with Gasteiger partial charge in [0, 0.05) is 23.3 Å². The van der Waals surface area contributed by atoms with E-state index in [-0.39, 0.29) is 38.1 Å². The van der Waals surface area contributed by atoms with Crippen LogP contribution in [0.3, 0.4) is 0 Å². The summed E-state index contributed by atoms with van der Waals surface area (Å²) in [5.74, 6) is -2.67. The number of urea groups is 1. The van der Waals surface area contributed by atoms with E-state index in [9.17, 15) is 40.3 Å². The number of nitrogens with zero attached hydrogens (tertiary/aromatic N) is 2. The number of rotatable bonds is 3. The summed E-state index contributed by atoms with van der Waals surface area (Å²) in [4.78, 5) is 13.7. The van der Waals surface area contributed by atoms with Gasteiger partial charge in [-0.3, -0.25) is 4.90 Å². The average molecular weight is 553 g/mol. The quantitative estimate of drug-likeness (QED) is 0.373. The molecule has 3 aromatic carbocycles. The van der Waals surface area contributed by atoms with Crippen molar-refractivity contribution in [2.24, 2.45) is 0 Å². The highest BCUT2D eigenvalue weighted by Gasteiger charge is 2.54. The first kappa shape index (κ1) is 25.0. The van der Waals surface area contributed by atoms with E-state index in [0.29, 0.717) is 11.0 Å². The van der Waals surface area contributed by atoms with Crippen LogP contribution in [0.4, 0.5) is 38.1 Å². The van der Waals surface area contributed by atoms with Crippen molar-refractivity contribution in [2.45, 2.75) is 12.1 Å². The summed E-state index contributed by atoms with van der Waals surface area (Å²) in [6, 6.07) is 6.36. The Kier molecular flexibility index (Phi) is 6.10. The second kappa shape index (κ2) is 8.54. The van der Waals surface area contributed by atoms with Gasteiger partial charge in [0.25, 0.3) is 0 Å². The smallest absolute Gasteiger partial charge is 0.508 e. The molecule has 1 heterocycles. The summed E-state index contributed by atoms with van der Waals surface area (Å²) < 4.78 is 92.6. The molecule has 0 radical (unpaired) electrons. The van der Waals surface area contributed by atoms with Gasteiger partial charge in [-0.15, -0.1) is 0 Å². The van der Waals surface area contributed by atoms with E-state index in [2.05, 4.69) is 0 Å². The minimum atomic E-state index is -6.24. The Bertz CT molecular complexity index is 1460. The summed E-state index contributed by atoms with van der Waals surface area (Å²) in [5, 5.41) is 9.84. The third-order valence-corrected chi connectivity index (χ3v) is 7.18. The number of anilines is 2. The summed E-state index contributed by atoms with van der Waals surface area (Å²) in [5.41, 5.74) is -7.52. The molecule has 0 saturated carbocycles. The summed E-state index contributed by atoms with van der Waals surface area (Å²) in [7, 11) is -6.24. The molecule has 2 amide bonds. The Morgan fingerprint density at radius 2 is 1.57 bits per heavy atom. The van der Waals surface area contributed by atoms with Crippen LogP contribution in [0, 0.1) is 11.6 Å². The van der Waals surface area contributed by atoms with E-state index >= 15 is 0 Å². The number of sulfonamides is 1. The first-order chi connectivity index (χ1) is 16.2. The predicted molar refractivity (Wildman–Crippen MR) is 118 cm³/mol. The Labute approximate surface area is 204 Å². The van der Waals surface area contributed by atoms with Crippen molar-refractivity contribution in [2.75, 3.05) is 4.90 Å². The Hall–Kier alpha value is -3.09. The largest absolute Gasteiger partial charge is 0.516 e. The van der Waals surface area contributed by atoms with Gasteiger partial charge >= 0.3 is 21.6 Å². The van der Waals surface area contributed by atoms with Crippen molar-refractivity contribution in [3.63, 3.8) is 0 Å². The number of phenols is 1. The van der Waals surface area contributed by atoms with E-state index < -0.39 is 49.8 Å². The van der Waals surface area contributed by atoms with Gasteiger partial charge in [-0.2, -0.15) is 21.6 Å². The normalized spacial score (nSPS) is 14.3. The molecule has 1 aliphatic rings. The second-order valence-corrected chi connectivity index (χ2v) is 9.93. The molecule has 1 N–H and O–H groups in total. The molecule has 0 atom stereocenters. The van der Waals surface area contributed by atoms with Crippen LogP contribution in [0.25, 0.3) is 11.1 Å². The van der Waals surface area contributed by atoms with Gasteiger partial charge in [-0.1, -0.05) is 29.3 Å². The number of hydrogen-bond acceptors (Lipinski definition) is 4. The number of halogens is 7. The maximum Gasteiger partial charge on any atom is 0.516 e. The van der Waals surface area contributed by atoms with E-state index in [1.165, 1.54) is 18.2 Å². The van der Waals surface area contributed by atoms with E-state index in [0.717, 1.165) is 24.3 Å². The van der Waals surface area contributed by atoms with Crippen LogP contribution < -0.4 is 4.90 Å². The summed E-state index contributed by atoms with van der Waals surface area (Å²) >= 11 is 12.3. The molecule has 0 bridgehead atoms. The molecule has 184 valence electrons. The minimum absolute atomic E-state index is 0.235. The van der Waals surface area contributed by atoms with Gasteiger partial charge in [0.05, 0.1) is 28.0 Å². The highest BCUT2D eigenvalue weighted by atomic mass is 35.5. The zero-order valence-electron chi connectivity index (χ0n) is 16.9. The fourth-order valence-corrected chi connectivity index (χ4v) is 5.02. The Morgan fingerprint density at radius 1 is 0.943 bits per heavy atom. The maximum atomic E-state index is 14.6. The molecule has 3 aromatic rings. The highest BCUT2D eigenvalue weighted by molar-refractivity contribution is 7.90. The lowest BCUT2D eigenvalue weighted by atomic mass is 9.95. The lowest BCUT2D eigenvalue weighted by Crippen LogP contribution is -2.51. The molecular weight excluding hydrogens is 542 g/mol. The number of carbonyl (C=O) groups is 1. The van der Waals surface area contributed by atoms with Crippen molar-refractivity contribution in [3.8, 4) is 16.9 Å². The first-order valence-corrected chi connectivity index (χ1v) is 11.6. The molecule has 0 unspecified atom stereocenters. The first-order valence-electron chi connectivity index (χ1n) is 9.42.